The van der Waals surface area contributed by atoms with E-state index in [1.165, 1.54) is 6.42 Å². The van der Waals surface area contributed by atoms with E-state index in [1.807, 2.05) is 17.0 Å². The maximum atomic E-state index is 12.7. The lowest BCUT2D eigenvalue weighted by molar-refractivity contribution is -0.135. The standard InChI is InChI=1S/C19H26N4O3/c1-25-13-5-8-16-7-2-3-12-23(16)18(24)10-9-17-21-19(22-26-17)15-6-4-11-20-14-15/h4,6,11,14,16H,2-3,5,7-10,12-13H2,1H3. The Kier molecular flexibility index (Phi) is 6.71. The van der Waals surface area contributed by atoms with E-state index in [0.29, 0.717) is 30.6 Å². The number of carbonyl (C=O) groups is 1. The molecule has 0 N–H and O–H groups in total. The van der Waals surface area contributed by atoms with Crippen LogP contribution < -0.4 is 0 Å². The number of hydrogen-bond acceptors (Lipinski definition) is 6. The van der Waals surface area contributed by atoms with Crippen LogP contribution in [0.4, 0.5) is 0 Å². The molecule has 2 aromatic heterocycles. The van der Waals surface area contributed by atoms with Crippen molar-refractivity contribution in [2.24, 2.45) is 0 Å². The van der Waals surface area contributed by atoms with Crippen molar-refractivity contribution in [3.8, 4) is 11.4 Å². The molecule has 0 spiro atoms. The smallest absolute Gasteiger partial charge is 0.227 e. The van der Waals surface area contributed by atoms with Gasteiger partial charge in [-0.2, -0.15) is 4.98 Å². The Morgan fingerprint density at radius 3 is 3.15 bits per heavy atom. The van der Waals surface area contributed by atoms with Crippen LogP contribution in [0.25, 0.3) is 11.4 Å². The number of aryl methyl sites for hydroxylation is 1. The molecule has 3 heterocycles. The number of hydrogen-bond donors (Lipinski definition) is 0. The van der Waals surface area contributed by atoms with Crippen LogP contribution in [0.2, 0.25) is 0 Å². The first-order valence-electron chi connectivity index (χ1n) is 9.29. The third-order valence-corrected chi connectivity index (χ3v) is 4.77. The van der Waals surface area contributed by atoms with Gasteiger partial charge in [0.25, 0.3) is 0 Å². The van der Waals surface area contributed by atoms with E-state index >= 15 is 0 Å². The molecular formula is C19H26N4O3. The van der Waals surface area contributed by atoms with Crippen LogP contribution in [0, 0.1) is 0 Å². The largest absolute Gasteiger partial charge is 0.385 e. The summed E-state index contributed by atoms with van der Waals surface area (Å²) in [5.41, 5.74) is 0.808. The molecule has 0 aliphatic carbocycles. The summed E-state index contributed by atoms with van der Waals surface area (Å²) < 4.78 is 10.4. The van der Waals surface area contributed by atoms with Crippen molar-refractivity contribution in [2.75, 3.05) is 20.3 Å². The van der Waals surface area contributed by atoms with Crippen molar-refractivity contribution < 1.29 is 14.1 Å². The van der Waals surface area contributed by atoms with E-state index in [9.17, 15) is 4.79 Å². The summed E-state index contributed by atoms with van der Waals surface area (Å²) in [6.45, 7) is 1.60. The third kappa shape index (κ3) is 4.88. The first-order valence-corrected chi connectivity index (χ1v) is 9.29. The molecule has 3 rings (SSSR count). The minimum atomic E-state index is 0.174. The summed E-state index contributed by atoms with van der Waals surface area (Å²) in [5, 5.41) is 3.98. The fourth-order valence-electron chi connectivity index (χ4n) is 3.42. The Labute approximate surface area is 153 Å². The zero-order valence-electron chi connectivity index (χ0n) is 15.3. The van der Waals surface area contributed by atoms with Crippen LogP contribution in [-0.4, -0.2) is 52.2 Å². The second-order valence-electron chi connectivity index (χ2n) is 6.63. The zero-order chi connectivity index (χ0) is 18.2. The van der Waals surface area contributed by atoms with Gasteiger partial charge in [0.05, 0.1) is 0 Å². The second kappa shape index (κ2) is 9.43. The highest BCUT2D eigenvalue weighted by Crippen LogP contribution is 2.22. The number of carbonyl (C=O) groups excluding carboxylic acids is 1. The monoisotopic (exact) mass is 358 g/mol. The Morgan fingerprint density at radius 1 is 1.42 bits per heavy atom. The molecule has 1 fully saturated rings. The van der Waals surface area contributed by atoms with E-state index in [1.54, 1.807) is 19.5 Å². The van der Waals surface area contributed by atoms with E-state index in [-0.39, 0.29) is 5.91 Å². The van der Waals surface area contributed by atoms with Gasteiger partial charge in [0.1, 0.15) is 0 Å². The quantitative estimate of drug-likeness (QED) is 0.675. The van der Waals surface area contributed by atoms with Gasteiger partial charge in [0.15, 0.2) is 0 Å². The van der Waals surface area contributed by atoms with Gasteiger partial charge in [-0.25, -0.2) is 0 Å². The summed E-state index contributed by atoms with van der Waals surface area (Å²) in [4.78, 5) is 23.2. The van der Waals surface area contributed by atoms with Crippen molar-refractivity contribution in [1.82, 2.24) is 20.0 Å². The van der Waals surface area contributed by atoms with Gasteiger partial charge in [0, 0.05) is 57.1 Å². The molecule has 7 nitrogen and oxygen atoms in total. The number of amides is 1. The number of aromatic nitrogens is 3. The Hall–Kier alpha value is -2.28. The highest BCUT2D eigenvalue weighted by Gasteiger charge is 2.26. The molecule has 0 radical (unpaired) electrons. The lowest BCUT2D eigenvalue weighted by Crippen LogP contribution is -2.43. The average Bonchev–Trinajstić information content (AvgIpc) is 3.16. The first kappa shape index (κ1) is 18.5. The summed E-state index contributed by atoms with van der Waals surface area (Å²) in [5.74, 6) is 1.18. The third-order valence-electron chi connectivity index (χ3n) is 4.77. The molecule has 7 heteroatoms. The topological polar surface area (TPSA) is 81.4 Å². The molecule has 140 valence electrons. The maximum absolute atomic E-state index is 12.7. The van der Waals surface area contributed by atoms with E-state index in [2.05, 4.69) is 15.1 Å². The number of methoxy groups -OCH3 is 1. The van der Waals surface area contributed by atoms with Crippen molar-refractivity contribution in [1.29, 1.82) is 0 Å². The molecule has 0 aromatic carbocycles. The molecular weight excluding hydrogens is 332 g/mol. The van der Waals surface area contributed by atoms with Crippen molar-refractivity contribution in [3.63, 3.8) is 0 Å². The Bertz CT molecular complexity index is 689. The normalized spacial score (nSPS) is 17.4. The Balaban J connectivity index is 1.53. The van der Waals surface area contributed by atoms with E-state index in [4.69, 9.17) is 9.26 Å². The molecule has 1 amide bonds. The van der Waals surface area contributed by atoms with E-state index in [0.717, 1.165) is 44.4 Å². The summed E-state index contributed by atoms with van der Waals surface area (Å²) in [6, 6.07) is 4.04. The highest BCUT2D eigenvalue weighted by atomic mass is 16.5. The van der Waals surface area contributed by atoms with Gasteiger partial charge < -0.3 is 14.2 Å². The highest BCUT2D eigenvalue weighted by molar-refractivity contribution is 5.76. The minimum absolute atomic E-state index is 0.174. The van der Waals surface area contributed by atoms with Crippen molar-refractivity contribution in [3.05, 3.63) is 30.4 Å². The summed E-state index contributed by atoms with van der Waals surface area (Å²) in [7, 11) is 1.72. The van der Waals surface area contributed by atoms with Gasteiger partial charge in [-0.3, -0.25) is 9.78 Å². The number of piperidine rings is 1. The lowest BCUT2D eigenvalue weighted by Gasteiger charge is -2.36. The SMILES string of the molecule is COCCCC1CCCCN1C(=O)CCc1nc(-c2cccnc2)no1. The fourth-order valence-corrected chi connectivity index (χ4v) is 3.42. The fraction of sp³-hybridized carbons (Fsp3) is 0.579. The molecule has 26 heavy (non-hydrogen) atoms. The van der Waals surface area contributed by atoms with Crippen LogP contribution in [-0.2, 0) is 16.0 Å². The Morgan fingerprint density at radius 2 is 2.35 bits per heavy atom. The molecule has 2 aromatic rings. The zero-order valence-corrected chi connectivity index (χ0v) is 15.3. The number of rotatable bonds is 8. The summed E-state index contributed by atoms with van der Waals surface area (Å²) >= 11 is 0. The van der Waals surface area contributed by atoms with Crippen molar-refractivity contribution in [2.45, 2.75) is 51.0 Å². The van der Waals surface area contributed by atoms with Crippen LogP contribution >= 0.6 is 0 Å². The van der Waals surface area contributed by atoms with Crippen LogP contribution in [0.5, 0.6) is 0 Å². The predicted octanol–water partition coefficient (Wildman–Crippen LogP) is 2.87. The van der Waals surface area contributed by atoms with Crippen LogP contribution in [0.3, 0.4) is 0 Å². The first-order chi connectivity index (χ1) is 12.8. The maximum Gasteiger partial charge on any atom is 0.227 e. The molecule has 0 saturated carbocycles. The number of pyridine rings is 1. The number of nitrogens with zero attached hydrogens (tertiary/aromatic N) is 4. The van der Waals surface area contributed by atoms with Gasteiger partial charge in [-0.05, 0) is 44.2 Å². The second-order valence-corrected chi connectivity index (χ2v) is 6.63. The molecule has 1 aliphatic rings. The van der Waals surface area contributed by atoms with E-state index < -0.39 is 0 Å². The lowest BCUT2D eigenvalue weighted by atomic mass is 9.97. The average molecular weight is 358 g/mol. The van der Waals surface area contributed by atoms with Gasteiger partial charge in [-0.1, -0.05) is 5.16 Å². The molecule has 0 bridgehead atoms. The van der Waals surface area contributed by atoms with Crippen LogP contribution in [0.15, 0.2) is 29.0 Å². The van der Waals surface area contributed by atoms with Crippen molar-refractivity contribution >= 4 is 5.91 Å². The molecule has 1 unspecified atom stereocenters. The summed E-state index contributed by atoms with van der Waals surface area (Å²) in [6.07, 6.45) is 9.61. The predicted molar refractivity (Wildman–Crippen MR) is 96.3 cm³/mol. The molecule has 1 aliphatic heterocycles. The number of likely N-dealkylation sites (tertiary alicyclic amines) is 1. The van der Waals surface area contributed by atoms with Crippen LogP contribution in [0.1, 0.15) is 44.4 Å². The number of ether oxygens (including phenoxy) is 1. The van der Waals surface area contributed by atoms with Gasteiger partial charge >= 0.3 is 0 Å². The molecule has 1 atom stereocenters. The van der Waals surface area contributed by atoms with Gasteiger partial charge in [-0.15, -0.1) is 0 Å². The van der Waals surface area contributed by atoms with Gasteiger partial charge in [0.2, 0.25) is 17.6 Å². The molecule has 1 saturated heterocycles. The minimum Gasteiger partial charge on any atom is -0.385 e.